The number of hydrogen-bond acceptors (Lipinski definition) is 2. The summed E-state index contributed by atoms with van der Waals surface area (Å²) >= 11 is 0. The van der Waals surface area contributed by atoms with Gasteiger partial charge in [0.05, 0.1) is 6.10 Å². The van der Waals surface area contributed by atoms with Crippen LogP contribution in [0.15, 0.2) is 24.3 Å². The van der Waals surface area contributed by atoms with Crippen molar-refractivity contribution in [3.63, 3.8) is 0 Å². The fourth-order valence-corrected chi connectivity index (χ4v) is 1.93. The number of aliphatic hydroxyl groups is 1. The summed E-state index contributed by atoms with van der Waals surface area (Å²) in [6.45, 7) is 0. The molecule has 15 heavy (non-hydrogen) atoms. The molecule has 2 unspecified atom stereocenters. The standard InChI is InChI=1S/C12H15FO2/c13-9-4-3-5-10(8-9)15-12-7-2-1-6-11(12)14/h3-5,8,11-12,14H,1-2,6-7H2. The van der Waals surface area contributed by atoms with Crippen LogP contribution in [0.2, 0.25) is 0 Å². The van der Waals surface area contributed by atoms with E-state index in [-0.39, 0.29) is 11.9 Å². The van der Waals surface area contributed by atoms with Gasteiger partial charge in [-0.2, -0.15) is 0 Å². The van der Waals surface area contributed by atoms with E-state index in [0.29, 0.717) is 5.75 Å². The summed E-state index contributed by atoms with van der Waals surface area (Å²) in [5.41, 5.74) is 0. The van der Waals surface area contributed by atoms with Crippen LogP contribution in [0.4, 0.5) is 4.39 Å². The van der Waals surface area contributed by atoms with E-state index in [0.717, 1.165) is 25.7 Å². The van der Waals surface area contributed by atoms with E-state index in [4.69, 9.17) is 4.74 Å². The second-order valence-electron chi connectivity index (χ2n) is 3.97. The van der Waals surface area contributed by atoms with Crippen LogP contribution >= 0.6 is 0 Å². The van der Waals surface area contributed by atoms with Crippen molar-refractivity contribution in [2.75, 3.05) is 0 Å². The van der Waals surface area contributed by atoms with Crippen LogP contribution in [0.3, 0.4) is 0 Å². The van der Waals surface area contributed by atoms with Crippen LogP contribution in [0.25, 0.3) is 0 Å². The predicted molar refractivity (Wildman–Crippen MR) is 55.3 cm³/mol. The monoisotopic (exact) mass is 210 g/mol. The first-order valence-corrected chi connectivity index (χ1v) is 5.36. The maximum atomic E-state index is 12.9. The van der Waals surface area contributed by atoms with E-state index in [1.54, 1.807) is 12.1 Å². The summed E-state index contributed by atoms with van der Waals surface area (Å²) < 4.78 is 18.4. The topological polar surface area (TPSA) is 29.5 Å². The zero-order valence-corrected chi connectivity index (χ0v) is 8.53. The summed E-state index contributed by atoms with van der Waals surface area (Å²) in [4.78, 5) is 0. The summed E-state index contributed by atoms with van der Waals surface area (Å²) in [6, 6.07) is 6.05. The molecule has 0 aliphatic heterocycles. The number of aliphatic hydroxyl groups excluding tert-OH is 1. The van der Waals surface area contributed by atoms with E-state index >= 15 is 0 Å². The SMILES string of the molecule is OC1CCCCC1Oc1cccc(F)c1. The molecule has 0 amide bonds. The highest BCUT2D eigenvalue weighted by Gasteiger charge is 2.24. The minimum absolute atomic E-state index is 0.180. The lowest BCUT2D eigenvalue weighted by molar-refractivity contribution is 0.00673. The molecule has 0 spiro atoms. The molecule has 3 heteroatoms. The normalized spacial score (nSPS) is 26.3. The molecule has 1 saturated carbocycles. The van der Waals surface area contributed by atoms with Crippen LogP contribution in [0, 0.1) is 5.82 Å². The van der Waals surface area contributed by atoms with Crippen molar-refractivity contribution in [3.05, 3.63) is 30.1 Å². The molecule has 0 bridgehead atoms. The van der Waals surface area contributed by atoms with Gasteiger partial charge in [0.1, 0.15) is 17.7 Å². The minimum Gasteiger partial charge on any atom is -0.488 e. The third kappa shape index (κ3) is 2.69. The highest BCUT2D eigenvalue weighted by molar-refractivity contribution is 5.22. The molecule has 2 atom stereocenters. The van der Waals surface area contributed by atoms with Gasteiger partial charge in [-0.05, 0) is 31.4 Å². The molecule has 0 radical (unpaired) electrons. The summed E-state index contributed by atoms with van der Waals surface area (Å²) in [5, 5.41) is 9.68. The number of rotatable bonds is 2. The van der Waals surface area contributed by atoms with Gasteiger partial charge in [0.25, 0.3) is 0 Å². The highest BCUT2D eigenvalue weighted by atomic mass is 19.1. The van der Waals surface area contributed by atoms with Crippen molar-refractivity contribution in [3.8, 4) is 5.75 Å². The van der Waals surface area contributed by atoms with Gasteiger partial charge in [0, 0.05) is 6.07 Å². The molecule has 1 aliphatic rings. The molecule has 1 aromatic rings. The Labute approximate surface area is 88.7 Å². The van der Waals surface area contributed by atoms with E-state index in [1.807, 2.05) is 0 Å². The van der Waals surface area contributed by atoms with Gasteiger partial charge in [0.15, 0.2) is 0 Å². The Kier molecular flexibility index (Phi) is 3.21. The third-order valence-electron chi connectivity index (χ3n) is 2.75. The Morgan fingerprint density at radius 2 is 2.07 bits per heavy atom. The van der Waals surface area contributed by atoms with E-state index in [9.17, 15) is 9.50 Å². The van der Waals surface area contributed by atoms with Crippen LogP contribution in [-0.4, -0.2) is 17.3 Å². The molecule has 2 nitrogen and oxygen atoms in total. The average molecular weight is 210 g/mol. The second kappa shape index (κ2) is 4.62. The molecular formula is C12H15FO2. The number of hydrogen-bond donors (Lipinski definition) is 1. The Balaban J connectivity index is 2.01. The highest BCUT2D eigenvalue weighted by Crippen LogP contribution is 2.24. The first-order valence-electron chi connectivity index (χ1n) is 5.36. The number of benzene rings is 1. The molecule has 1 aromatic carbocycles. The molecular weight excluding hydrogens is 195 g/mol. The van der Waals surface area contributed by atoms with Gasteiger partial charge in [-0.1, -0.05) is 12.5 Å². The van der Waals surface area contributed by atoms with Gasteiger partial charge >= 0.3 is 0 Å². The van der Waals surface area contributed by atoms with Gasteiger partial charge < -0.3 is 9.84 Å². The Bertz CT molecular complexity index is 327. The second-order valence-corrected chi connectivity index (χ2v) is 3.97. The van der Waals surface area contributed by atoms with Crippen LogP contribution in [0.1, 0.15) is 25.7 Å². The zero-order valence-electron chi connectivity index (χ0n) is 8.53. The van der Waals surface area contributed by atoms with Crippen molar-refractivity contribution in [2.24, 2.45) is 0 Å². The maximum Gasteiger partial charge on any atom is 0.126 e. The molecule has 1 N–H and O–H groups in total. The predicted octanol–water partition coefficient (Wildman–Crippen LogP) is 2.51. The van der Waals surface area contributed by atoms with Crippen LogP contribution in [-0.2, 0) is 0 Å². The van der Waals surface area contributed by atoms with Crippen molar-refractivity contribution < 1.29 is 14.2 Å². The van der Waals surface area contributed by atoms with Crippen LogP contribution < -0.4 is 4.74 Å². The van der Waals surface area contributed by atoms with Gasteiger partial charge in [-0.25, -0.2) is 4.39 Å². The Morgan fingerprint density at radius 1 is 1.27 bits per heavy atom. The lowest BCUT2D eigenvalue weighted by Crippen LogP contribution is -2.34. The molecule has 0 heterocycles. The first kappa shape index (κ1) is 10.4. The molecule has 1 fully saturated rings. The quantitative estimate of drug-likeness (QED) is 0.812. The van der Waals surface area contributed by atoms with Gasteiger partial charge in [-0.15, -0.1) is 0 Å². The number of halogens is 1. The Hall–Kier alpha value is -1.09. The van der Waals surface area contributed by atoms with E-state index in [1.165, 1.54) is 12.1 Å². The molecule has 0 aromatic heterocycles. The van der Waals surface area contributed by atoms with E-state index in [2.05, 4.69) is 0 Å². The average Bonchev–Trinajstić information content (AvgIpc) is 2.22. The smallest absolute Gasteiger partial charge is 0.126 e. The van der Waals surface area contributed by atoms with Crippen molar-refractivity contribution in [1.82, 2.24) is 0 Å². The summed E-state index contributed by atoms with van der Waals surface area (Å²) in [5.74, 6) is 0.193. The van der Waals surface area contributed by atoms with Gasteiger partial charge in [0.2, 0.25) is 0 Å². The van der Waals surface area contributed by atoms with Crippen molar-refractivity contribution in [2.45, 2.75) is 37.9 Å². The van der Waals surface area contributed by atoms with Crippen molar-refractivity contribution in [1.29, 1.82) is 0 Å². The van der Waals surface area contributed by atoms with Gasteiger partial charge in [-0.3, -0.25) is 0 Å². The zero-order chi connectivity index (χ0) is 10.7. The molecule has 82 valence electrons. The number of ether oxygens (including phenoxy) is 1. The Morgan fingerprint density at radius 3 is 2.80 bits per heavy atom. The lowest BCUT2D eigenvalue weighted by Gasteiger charge is -2.28. The largest absolute Gasteiger partial charge is 0.488 e. The minimum atomic E-state index is -0.415. The molecule has 1 aliphatic carbocycles. The summed E-state index contributed by atoms with van der Waals surface area (Å²) in [7, 11) is 0. The van der Waals surface area contributed by atoms with E-state index < -0.39 is 6.10 Å². The third-order valence-corrected chi connectivity index (χ3v) is 2.75. The summed E-state index contributed by atoms with van der Waals surface area (Å²) in [6.07, 6.45) is 3.14. The molecule has 2 rings (SSSR count). The molecule has 0 saturated heterocycles. The first-order chi connectivity index (χ1) is 7.25. The fourth-order valence-electron chi connectivity index (χ4n) is 1.93. The maximum absolute atomic E-state index is 12.9. The lowest BCUT2D eigenvalue weighted by atomic mass is 9.95. The van der Waals surface area contributed by atoms with Crippen LogP contribution in [0.5, 0.6) is 5.75 Å². The fraction of sp³-hybridized carbons (Fsp3) is 0.500. The van der Waals surface area contributed by atoms with Crippen molar-refractivity contribution >= 4 is 0 Å².